The number of aromatic amines is 2. The van der Waals surface area contributed by atoms with Crippen molar-refractivity contribution >= 4 is 82.0 Å². The first kappa shape index (κ1) is 78.5. The van der Waals surface area contributed by atoms with E-state index in [9.17, 15) is 53.1 Å². The van der Waals surface area contributed by atoms with Crippen molar-refractivity contribution in [2.75, 3.05) is 26.2 Å². The summed E-state index contributed by atoms with van der Waals surface area (Å²) < 4.78 is 11.5. The summed E-state index contributed by atoms with van der Waals surface area (Å²) in [7, 11) is 0. The van der Waals surface area contributed by atoms with Gasteiger partial charge >= 0.3 is 6.09 Å². The van der Waals surface area contributed by atoms with Gasteiger partial charge in [-0.05, 0) is 104 Å². The molecule has 6 aromatic rings. The number of aliphatic hydroxyl groups is 1. The summed E-state index contributed by atoms with van der Waals surface area (Å²) in [6.45, 7) is 8.85. The molecule has 104 heavy (non-hydrogen) atoms. The van der Waals surface area contributed by atoms with Gasteiger partial charge in [0.25, 0.3) is 0 Å². The summed E-state index contributed by atoms with van der Waals surface area (Å²) >= 11 is 0. The Hall–Kier alpha value is -11.2. The average molecular weight is 1430 g/mol. The van der Waals surface area contributed by atoms with Crippen LogP contribution in [-0.4, -0.2) is 182 Å². The van der Waals surface area contributed by atoms with Crippen LogP contribution in [0.15, 0.2) is 133 Å². The first-order valence-electron chi connectivity index (χ1n) is 35.2. The van der Waals surface area contributed by atoms with Crippen LogP contribution >= 0.6 is 0 Å². The van der Waals surface area contributed by atoms with Crippen LogP contribution in [0.25, 0.3) is 10.9 Å². The predicted molar refractivity (Wildman–Crippen MR) is 385 cm³/mol. The van der Waals surface area contributed by atoms with E-state index in [1.165, 1.54) is 17.4 Å². The van der Waals surface area contributed by atoms with E-state index in [2.05, 4.69) is 62.5 Å². The Labute approximate surface area is 603 Å². The first-order valence-corrected chi connectivity index (χ1v) is 35.2. The molecule has 2 aliphatic heterocycles. The third kappa shape index (κ3) is 22.9. The zero-order valence-corrected chi connectivity index (χ0v) is 59.2. The maximum absolute atomic E-state index is 15.1. The summed E-state index contributed by atoms with van der Waals surface area (Å²) in [5.41, 5.74) is 14.8. The number of imidazole rings is 1. The molecule has 0 saturated carbocycles. The highest BCUT2D eigenvalue weighted by Crippen LogP contribution is 2.25. The number of fused-ring (bicyclic) bond motifs is 1. The van der Waals surface area contributed by atoms with Crippen LogP contribution in [0, 0.1) is 11.8 Å². The molecule has 556 valence electrons. The van der Waals surface area contributed by atoms with E-state index < -0.39 is 120 Å². The number of likely N-dealkylation sites (tertiary alicyclic amines) is 2. The number of aliphatic imine (C=N–C) groups is 1. The number of nitrogens with two attached hydrogens (primary N) is 2. The Balaban J connectivity index is 1.03. The molecule has 0 bridgehead atoms. The number of amides is 11. The number of aromatic nitrogens is 3. The van der Waals surface area contributed by atoms with E-state index in [0.717, 1.165) is 5.56 Å². The van der Waals surface area contributed by atoms with E-state index in [1.807, 2.05) is 58.0 Å². The molecule has 8 rings (SSSR count). The van der Waals surface area contributed by atoms with Crippen LogP contribution in [0.3, 0.4) is 0 Å². The van der Waals surface area contributed by atoms with Gasteiger partial charge < -0.3 is 83.4 Å². The summed E-state index contributed by atoms with van der Waals surface area (Å²) in [6, 6.07) is 19.8. The molecule has 11 amide bonds. The Morgan fingerprint density at radius 3 is 1.77 bits per heavy atom. The number of imide groups is 1. The number of likely N-dealkylation sites (N-methyl/N-ethyl adjacent to an activating group) is 1. The number of benzene rings is 4. The molecule has 0 aliphatic carbocycles. The lowest BCUT2D eigenvalue weighted by atomic mass is 9.98. The summed E-state index contributed by atoms with van der Waals surface area (Å²) in [5, 5.41) is 33.7. The lowest BCUT2D eigenvalue weighted by molar-refractivity contribution is -0.142. The van der Waals surface area contributed by atoms with Crippen molar-refractivity contribution in [1.29, 1.82) is 0 Å². The Bertz CT molecular complexity index is 3920. The van der Waals surface area contributed by atoms with Gasteiger partial charge in [0.1, 0.15) is 73.3 Å². The fourth-order valence-electron chi connectivity index (χ4n) is 12.5. The number of carbonyl (C=O) groups is 11. The number of carbonyl (C=O) groups excluding carboxylic acids is 11. The molecule has 2 aliphatic rings. The molecular weight excluding hydrogens is 1340 g/mol. The summed E-state index contributed by atoms with van der Waals surface area (Å²) in [5.74, 6) is -7.79. The van der Waals surface area contributed by atoms with Crippen molar-refractivity contribution in [2.24, 2.45) is 28.3 Å². The second kappa shape index (κ2) is 38.7. The Kier molecular flexibility index (Phi) is 29.3. The molecule has 2 aromatic heterocycles. The quantitative estimate of drug-likeness (QED) is 0.0151. The van der Waals surface area contributed by atoms with Gasteiger partial charge in [-0.15, -0.1) is 0 Å². The molecule has 0 spiro atoms. The first-order chi connectivity index (χ1) is 50.0. The van der Waals surface area contributed by atoms with E-state index in [1.54, 1.807) is 92.0 Å². The fraction of sp³-hybridized carbons (Fsp3) is 0.446. The van der Waals surface area contributed by atoms with Gasteiger partial charge in [0, 0.05) is 74.3 Å². The van der Waals surface area contributed by atoms with Crippen LogP contribution in [0.2, 0.25) is 0 Å². The molecule has 4 aromatic carbocycles. The highest BCUT2D eigenvalue weighted by molar-refractivity contribution is 6.03. The van der Waals surface area contributed by atoms with Gasteiger partial charge in [-0.2, -0.15) is 0 Å². The van der Waals surface area contributed by atoms with E-state index >= 15 is 4.79 Å². The number of ether oxygens (including phenoxy) is 2. The van der Waals surface area contributed by atoms with Gasteiger partial charge in [0.05, 0.1) is 12.9 Å². The van der Waals surface area contributed by atoms with Gasteiger partial charge in [-0.25, -0.2) is 14.7 Å². The second-order valence-corrected chi connectivity index (χ2v) is 26.7. The third-order valence-corrected chi connectivity index (χ3v) is 17.7. The van der Waals surface area contributed by atoms with E-state index in [-0.39, 0.29) is 108 Å². The minimum atomic E-state index is -1.81. The van der Waals surface area contributed by atoms with Crippen LogP contribution < -0.4 is 58.7 Å². The number of H-pyrrole nitrogens is 2. The summed E-state index contributed by atoms with van der Waals surface area (Å²) in [6.07, 6.45) is 3.83. The molecular formula is C74H96N16O14. The standard InChI is InChI=1S/C74H96N16O14/c1-6-78-70(99)61-24-16-32-89(61)72(101)54(23-15-31-79-73(75)76)82-64(93)55(33-44(2)3)83-65(94)56(34-45(4)5)84-66(95)57(35-46-25-27-51(28-26-46)103-41-47-17-9-7-10-18-47)85-69(98)60(40-91)88-67(96)58(36-49-38-80-53-22-14-13-21-52(49)53)86-68(97)59(37-50-39-77-43-81-50)87-71(100)62-29-30-63(92)90(62)74(102)104-42-48-19-11-8-12-20-48/h7-14,17-22,25-28,38-39,43-45,54-62,80,91H,6,15-16,23-24,29-37,40-42H2,1-5H3,(H,77,81)(H,78,99)(H,82,93)(H,83,94)(H,84,95)(H,85,98)(H,86,97)(H,87,100)(H,88,96)(H4,75,76,79)/t54-,55-,56+,57-,58-,59-,60-,61-,62-/m0/s1. The maximum Gasteiger partial charge on any atom is 0.417 e. The van der Waals surface area contributed by atoms with Crippen LogP contribution in [0.5, 0.6) is 5.75 Å². The minimum Gasteiger partial charge on any atom is -0.489 e. The smallest absolute Gasteiger partial charge is 0.417 e. The average Bonchev–Trinajstić information content (AvgIpc) is 1.83. The number of nitrogens with zero attached hydrogens (tertiary/aromatic N) is 4. The Morgan fingerprint density at radius 2 is 1.17 bits per heavy atom. The van der Waals surface area contributed by atoms with Crippen molar-refractivity contribution < 1.29 is 67.3 Å². The zero-order chi connectivity index (χ0) is 74.8. The lowest BCUT2D eigenvalue weighted by Gasteiger charge is -2.31. The fourth-order valence-corrected chi connectivity index (χ4v) is 12.5. The Morgan fingerprint density at radius 1 is 0.615 bits per heavy atom. The van der Waals surface area contributed by atoms with E-state index in [4.69, 9.17) is 20.9 Å². The second-order valence-electron chi connectivity index (χ2n) is 26.7. The van der Waals surface area contributed by atoms with Gasteiger partial charge in [-0.3, -0.25) is 52.9 Å². The molecule has 0 radical (unpaired) electrons. The summed E-state index contributed by atoms with van der Waals surface area (Å²) in [4.78, 5) is 174. The number of hydrogen-bond donors (Lipinski definition) is 13. The van der Waals surface area contributed by atoms with Gasteiger partial charge in [-0.1, -0.05) is 119 Å². The molecule has 15 N–H and O–H groups in total. The monoisotopic (exact) mass is 1430 g/mol. The van der Waals surface area contributed by atoms with Crippen molar-refractivity contribution in [3.63, 3.8) is 0 Å². The largest absolute Gasteiger partial charge is 0.489 e. The number of nitrogens with one attached hydrogen (secondary N) is 10. The zero-order valence-electron chi connectivity index (χ0n) is 59.2. The molecule has 0 unspecified atom stereocenters. The van der Waals surface area contributed by atoms with Crippen LogP contribution in [-0.2, 0) is 85.2 Å². The van der Waals surface area contributed by atoms with Crippen molar-refractivity contribution in [3.05, 3.63) is 156 Å². The van der Waals surface area contributed by atoms with Crippen LogP contribution in [0.1, 0.15) is 114 Å². The molecule has 30 heteroatoms. The van der Waals surface area contributed by atoms with Gasteiger partial charge in [0.2, 0.25) is 59.1 Å². The number of rotatable bonds is 37. The molecule has 2 saturated heterocycles. The molecule has 30 nitrogen and oxygen atoms in total. The molecule has 2 fully saturated rings. The minimum absolute atomic E-state index is 0.0254. The third-order valence-electron chi connectivity index (χ3n) is 17.7. The molecule has 9 atom stereocenters. The van der Waals surface area contributed by atoms with Crippen LogP contribution in [0.4, 0.5) is 4.79 Å². The van der Waals surface area contributed by atoms with E-state index in [0.29, 0.717) is 63.3 Å². The lowest BCUT2D eigenvalue weighted by Crippen LogP contribution is -2.61. The molecule has 4 heterocycles. The number of guanidine groups is 1. The number of aliphatic hydroxyl groups excluding tert-OH is 1. The maximum atomic E-state index is 15.1. The van der Waals surface area contributed by atoms with Crippen molar-refractivity contribution in [1.82, 2.24) is 67.3 Å². The topological polar surface area (TPSA) is 438 Å². The number of para-hydroxylation sites is 1. The SMILES string of the molecule is CCNC(=O)[C@@H]1CCCN1C(=O)[C@H](CCCN=C(N)N)NC(=O)[C@H](CC(C)C)NC(=O)[C@@H](CC(C)C)NC(=O)[C@H](Cc1ccc(OCc2ccccc2)cc1)NC(=O)[C@H](CO)NC(=O)[C@H](Cc1c[nH]c2ccccc12)NC(=O)[C@H](Cc1cnc[nH]1)NC(=O)[C@@H]1CCC(=O)N1C(=O)OCc1ccccc1. The normalized spacial score (nSPS) is 16.2. The highest BCUT2D eigenvalue weighted by Gasteiger charge is 2.44. The number of hydrogen-bond acceptors (Lipinski definition) is 16. The predicted octanol–water partition coefficient (Wildman–Crippen LogP) is 2.48. The van der Waals surface area contributed by atoms with Gasteiger partial charge in [0.15, 0.2) is 5.96 Å². The van der Waals surface area contributed by atoms with Crippen molar-refractivity contribution in [3.8, 4) is 5.75 Å². The van der Waals surface area contributed by atoms with Crippen molar-refractivity contribution in [2.45, 2.75) is 173 Å². The highest BCUT2D eigenvalue weighted by atomic mass is 16.6.